The van der Waals surface area contributed by atoms with Crippen LogP contribution in [0.3, 0.4) is 0 Å². The fourth-order valence-electron chi connectivity index (χ4n) is 4.06. The van der Waals surface area contributed by atoms with Gasteiger partial charge in [0.2, 0.25) is 5.95 Å². The zero-order chi connectivity index (χ0) is 20.8. The summed E-state index contributed by atoms with van der Waals surface area (Å²) in [6.45, 7) is 7.13. The molecule has 0 amide bonds. The minimum atomic E-state index is -4.53. The first kappa shape index (κ1) is 20.1. The van der Waals surface area contributed by atoms with Crippen LogP contribution < -0.4 is 10.6 Å². The molecule has 0 radical (unpaired) electrons. The van der Waals surface area contributed by atoms with Crippen LogP contribution in [0.15, 0.2) is 30.6 Å². The van der Waals surface area contributed by atoms with E-state index in [0.29, 0.717) is 23.9 Å². The summed E-state index contributed by atoms with van der Waals surface area (Å²) in [6, 6.07) is 5.75. The highest BCUT2D eigenvalue weighted by atomic mass is 31.1. The number of aromatic amines is 1. The van der Waals surface area contributed by atoms with Crippen LogP contribution in [0.2, 0.25) is 0 Å². The molecule has 0 bridgehead atoms. The van der Waals surface area contributed by atoms with Crippen molar-refractivity contribution in [3.8, 4) is 11.3 Å². The number of nitrogens with zero attached hydrogens (tertiary/aromatic N) is 2. The van der Waals surface area contributed by atoms with Gasteiger partial charge >= 0.3 is 6.18 Å². The molecule has 1 aliphatic rings. The number of anilines is 1. The van der Waals surface area contributed by atoms with Gasteiger partial charge in [0.1, 0.15) is 5.56 Å². The zero-order valence-electron chi connectivity index (χ0n) is 16.6. The summed E-state index contributed by atoms with van der Waals surface area (Å²) < 4.78 is 41.1. The van der Waals surface area contributed by atoms with Crippen molar-refractivity contribution in [2.45, 2.75) is 25.9 Å². The maximum Gasteiger partial charge on any atom is 0.419 e. The van der Waals surface area contributed by atoms with E-state index in [9.17, 15) is 13.2 Å². The Bertz CT molecular complexity index is 1020. The molecular formula is C21H24F3N4P. The molecule has 8 heteroatoms. The third kappa shape index (κ3) is 3.97. The molecule has 0 atom stereocenters. The third-order valence-corrected chi connectivity index (χ3v) is 6.88. The number of rotatable bonds is 5. The molecule has 4 rings (SSSR count). The van der Waals surface area contributed by atoms with Crippen LogP contribution in [0.1, 0.15) is 25.3 Å². The topological polar surface area (TPSA) is 53.6 Å². The summed E-state index contributed by atoms with van der Waals surface area (Å²) in [5, 5.41) is 5.01. The maximum absolute atomic E-state index is 13.7. The van der Waals surface area contributed by atoms with E-state index in [4.69, 9.17) is 0 Å². The third-order valence-electron chi connectivity index (χ3n) is 5.54. The lowest BCUT2D eigenvalue weighted by Crippen LogP contribution is -2.28. The smallest absolute Gasteiger partial charge is 0.360 e. The molecule has 1 saturated carbocycles. The number of nitrogens with one attached hydrogen (secondary N) is 2. The normalized spacial score (nSPS) is 19.6. The van der Waals surface area contributed by atoms with Crippen molar-refractivity contribution in [1.29, 1.82) is 0 Å². The Balaban J connectivity index is 1.75. The predicted octanol–water partition coefficient (Wildman–Crippen LogP) is 5.47. The van der Waals surface area contributed by atoms with Crippen molar-refractivity contribution in [2.24, 2.45) is 11.8 Å². The van der Waals surface area contributed by atoms with Crippen molar-refractivity contribution in [3.63, 3.8) is 0 Å². The van der Waals surface area contributed by atoms with Crippen LogP contribution >= 0.6 is 7.92 Å². The number of H-pyrrole nitrogens is 1. The van der Waals surface area contributed by atoms with Gasteiger partial charge in [-0.2, -0.15) is 13.2 Å². The number of benzene rings is 1. The van der Waals surface area contributed by atoms with Crippen LogP contribution in [0.25, 0.3) is 22.2 Å². The number of hydrogen-bond donors (Lipinski definition) is 2. The average molecular weight is 420 g/mol. The van der Waals surface area contributed by atoms with Crippen LogP contribution in [0.5, 0.6) is 0 Å². The molecule has 154 valence electrons. The van der Waals surface area contributed by atoms with Gasteiger partial charge in [-0.25, -0.2) is 9.97 Å². The van der Waals surface area contributed by atoms with E-state index < -0.39 is 19.7 Å². The summed E-state index contributed by atoms with van der Waals surface area (Å²) in [6.07, 6.45) is 0.247. The molecule has 0 spiro atoms. The molecule has 0 saturated heterocycles. The Labute approximate surface area is 169 Å². The van der Waals surface area contributed by atoms with Gasteiger partial charge in [-0.05, 0) is 43.3 Å². The lowest BCUT2D eigenvalue weighted by Gasteiger charge is -2.32. The second-order valence-corrected chi connectivity index (χ2v) is 10.3. The molecule has 29 heavy (non-hydrogen) atoms. The molecule has 1 fully saturated rings. The molecule has 0 unspecified atom stereocenters. The molecule has 2 aromatic heterocycles. The molecule has 2 heterocycles. The lowest BCUT2D eigenvalue weighted by atomic mass is 9.76. The van der Waals surface area contributed by atoms with Crippen LogP contribution in [-0.2, 0) is 6.18 Å². The van der Waals surface area contributed by atoms with Gasteiger partial charge < -0.3 is 10.3 Å². The minimum absolute atomic E-state index is 0.0862. The first-order chi connectivity index (χ1) is 13.7. The average Bonchev–Trinajstić information content (AvgIpc) is 3.07. The molecule has 1 aliphatic carbocycles. The largest absolute Gasteiger partial charge is 0.419 e. The SMILES string of the molecule is CC1CC(CNc2ncc(C(F)(F)F)c(-c3c[nH]c4c(P(C)C)cccc34)n2)C1. The number of para-hydroxylation sites is 1. The van der Waals surface area contributed by atoms with E-state index in [0.717, 1.165) is 35.2 Å². The van der Waals surface area contributed by atoms with Gasteiger partial charge in [-0.3, -0.25) is 0 Å². The summed E-state index contributed by atoms with van der Waals surface area (Å²) >= 11 is 0. The van der Waals surface area contributed by atoms with E-state index in [1.807, 2.05) is 18.2 Å². The summed E-state index contributed by atoms with van der Waals surface area (Å²) in [7, 11) is -0.398. The number of halogens is 3. The number of alkyl halides is 3. The van der Waals surface area contributed by atoms with Crippen LogP contribution in [0, 0.1) is 11.8 Å². The first-order valence-corrected chi connectivity index (χ1v) is 11.9. The summed E-state index contributed by atoms with van der Waals surface area (Å²) in [4.78, 5) is 11.4. The Morgan fingerprint density at radius 3 is 2.66 bits per heavy atom. The Morgan fingerprint density at radius 2 is 2.00 bits per heavy atom. The zero-order valence-corrected chi connectivity index (χ0v) is 17.5. The highest BCUT2D eigenvalue weighted by molar-refractivity contribution is 7.64. The highest BCUT2D eigenvalue weighted by Crippen LogP contribution is 2.40. The molecule has 1 aromatic carbocycles. The summed E-state index contributed by atoms with van der Waals surface area (Å²) in [5.74, 6) is 1.49. The number of fused-ring (bicyclic) bond motifs is 1. The fraction of sp³-hybridized carbons (Fsp3) is 0.429. The Morgan fingerprint density at radius 1 is 1.24 bits per heavy atom. The predicted molar refractivity (Wildman–Crippen MR) is 113 cm³/mol. The number of hydrogen-bond acceptors (Lipinski definition) is 3. The van der Waals surface area contributed by atoms with Gasteiger partial charge in [0.05, 0.1) is 11.2 Å². The second-order valence-electron chi connectivity index (χ2n) is 8.07. The maximum atomic E-state index is 13.7. The second kappa shape index (κ2) is 7.60. The Hall–Kier alpha value is -2.14. The number of aromatic nitrogens is 3. The molecular weight excluding hydrogens is 396 g/mol. The van der Waals surface area contributed by atoms with E-state index in [-0.39, 0.29) is 11.6 Å². The minimum Gasteiger partial charge on any atom is -0.360 e. The summed E-state index contributed by atoms with van der Waals surface area (Å²) in [5.41, 5.74) is 0.427. The van der Waals surface area contributed by atoms with E-state index in [2.05, 4.69) is 40.5 Å². The molecule has 0 aliphatic heterocycles. The van der Waals surface area contributed by atoms with Gasteiger partial charge in [0.15, 0.2) is 0 Å². The van der Waals surface area contributed by atoms with Crippen molar-refractivity contribution in [1.82, 2.24) is 15.0 Å². The standard InChI is InChI=1S/C21H24F3N4P/c1-12-7-13(8-12)9-26-20-27-11-16(21(22,23)24)18(28-20)15-10-25-19-14(15)5-4-6-17(19)29(2)3/h4-6,10-13,25H,7-9H2,1-3H3,(H,26,27,28). The molecule has 4 nitrogen and oxygen atoms in total. The van der Waals surface area contributed by atoms with E-state index >= 15 is 0 Å². The van der Waals surface area contributed by atoms with Crippen LogP contribution in [0.4, 0.5) is 19.1 Å². The molecule has 3 aromatic rings. The van der Waals surface area contributed by atoms with Gasteiger partial charge in [0, 0.05) is 29.9 Å². The van der Waals surface area contributed by atoms with Gasteiger partial charge in [-0.1, -0.05) is 33.0 Å². The quantitative estimate of drug-likeness (QED) is 0.539. The van der Waals surface area contributed by atoms with Crippen molar-refractivity contribution < 1.29 is 13.2 Å². The lowest BCUT2D eigenvalue weighted by molar-refractivity contribution is -0.137. The van der Waals surface area contributed by atoms with E-state index in [1.165, 1.54) is 0 Å². The molecule has 2 N–H and O–H groups in total. The Kier molecular flexibility index (Phi) is 5.28. The van der Waals surface area contributed by atoms with Crippen molar-refractivity contribution in [3.05, 3.63) is 36.2 Å². The fourth-order valence-corrected chi connectivity index (χ4v) is 5.07. The van der Waals surface area contributed by atoms with Gasteiger partial charge in [0.25, 0.3) is 0 Å². The highest BCUT2D eigenvalue weighted by Gasteiger charge is 2.36. The van der Waals surface area contributed by atoms with Crippen LogP contribution in [-0.4, -0.2) is 34.8 Å². The van der Waals surface area contributed by atoms with Crippen molar-refractivity contribution >= 4 is 30.1 Å². The monoisotopic (exact) mass is 420 g/mol. The van der Waals surface area contributed by atoms with Crippen molar-refractivity contribution in [2.75, 3.05) is 25.2 Å². The first-order valence-electron chi connectivity index (χ1n) is 9.70. The van der Waals surface area contributed by atoms with Gasteiger partial charge in [-0.15, -0.1) is 0 Å². The van der Waals surface area contributed by atoms with E-state index in [1.54, 1.807) is 6.20 Å².